The van der Waals surface area contributed by atoms with Crippen LogP contribution in [0.5, 0.6) is 5.75 Å². The lowest BCUT2D eigenvalue weighted by Crippen LogP contribution is -2.01. The minimum atomic E-state index is 0.678. The van der Waals surface area contributed by atoms with Crippen LogP contribution in [0, 0.1) is 12.8 Å². The molecule has 0 saturated heterocycles. The molecule has 0 fully saturated rings. The number of nitrogens with two attached hydrogens (primary N) is 1. The highest BCUT2D eigenvalue weighted by Gasteiger charge is 2.09. The predicted molar refractivity (Wildman–Crippen MR) is 73.9 cm³/mol. The minimum absolute atomic E-state index is 0.678. The second-order valence-electron chi connectivity index (χ2n) is 5.03. The van der Waals surface area contributed by atoms with Gasteiger partial charge in [0.2, 0.25) is 0 Å². The van der Waals surface area contributed by atoms with Crippen LogP contribution >= 0.6 is 0 Å². The number of rotatable bonds is 5. The normalized spacial score (nSPS) is 11.3. The van der Waals surface area contributed by atoms with Crippen LogP contribution in [0.4, 0.5) is 5.82 Å². The molecule has 0 radical (unpaired) electrons. The van der Waals surface area contributed by atoms with Crippen LogP contribution in [0.15, 0.2) is 18.3 Å². The molecule has 2 N–H and O–H groups in total. The maximum Gasteiger partial charge on any atom is 0.181 e. The first-order valence-corrected chi connectivity index (χ1v) is 6.45. The van der Waals surface area contributed by atoms with Crippen molar-refractivity contribution < 1.29 is 4.74 Å². The molecule has 0 aliphatic rings. The van der Waals surface area contributed by atoms with Gasteiger partial charge in [0, 0.05) is 6.20 Å². The maximum atomic E-state index is 5.95. The molecule has 0 aliphatic heterocycles. The van der Waals surface area contributed by atoms with Gasteiger partial charge in [0.05, 0.1) is 12.3 Å². The molecule has 0 aliphatic carbocycles. The zero-order chi connectivity index (χ0) is 13.1. The Morgan fingerprint density at radius 2 is 2.22 bits per heavy atom. The molecule has 2 heterocycles. The summed E-state index contributed by atoms with van der Waals surface area (Å²) in [6.07, 6.45) is 4.15. The molecule has 0 atom stereocenters. The lowest BCUT2D eigenvalue weighted by Gasteiger charge is -2.08. The summed E-state index contributed by atoms with van der Waals surface area (Å²) in [5.74, 6) is 2.20. The van der Waals surface area contributed by atoms with E-state index in [0.717, 1.165) is 30.1 Å². The number of hydrogen-bond acceptors (Lipinski definition) is 3. The smallest absolute Gasteiger partial charge is 0.181 e. The van der Waals surface area contributed by atoms with E-state index in [9.17, 15) is 0 Å². The highest BCUT2D eigenvalue weighted by Crippen LogP contribution is 2.23. The molecule has 0 aromatic carbocycles. The van der Waals surface area contributed by atoms with E-state index in [1.165, 1.54) is 6.42 Å². The number of aromatic nitrogens is 2. The molecule has 0 unspecified atom stereocenters. The summed E-state index contributed by atoms with van der Waals surface area (Å²) in [4.78, 5) is 4.44. The average molecular weight is 247 g/mol. The van der Waals surface area contributed by atoms with Crippen molar-refractivity contribution in [3.05, 3.63) is 24.0 Å². The summed E-state index contributed by atoms with van der Waals surface area (Å²) in [6, 6.07) is 3.87. The Hall–Kier alpha value is -1.71. The first-order valence-electron chi connectivity index (χ1n) is 6.45. The van der Waals surface area contributed by atoms with Gasteiger partial charge >= 0.3 is 0 Å². The monoisotopic (exact) mass is 247 g/mol. The number of imidazole rings is 1. The number of nitrogen functional groups attached to an aromatic ring is 1. The lowest BCUT2D eigenvalue weighted by atomic mass is 10.1. The standard InChI is InChI=1S/C14H21N3O/c1-10(2)6-5-9-18-12-7-4-8-17-13(15)11(3)16-14(12)17/h4,7-8,10H,5-6,9,15H2,1-3H3. The molecular weight excluding hydrogens is 226 g/mol. The number of nitrogens with zero attached hydrogens (tertiary/aromatic N) is 2. The summed E-state index contributed by atoms with van der Waals surface area (Å²) >= 11 is 0. The Labute approximate surface area is 108 Å². The molecule has 2 aromatic rings. The minimum Gasteiger partial charge on any atom is -0.490 e. The molecule has 4 heteroatoms. The Balaban J connectivity index is 2.11. The maximum absolute atomic E-state index is 5.95. The molecule has 0 bridgehead atoms. The average Bonchev–Trinajstić information content (AvgIpc) is 2.62. The number of pyridine rings is 1. The van der Waals surface area contributed by atoms with Crippen LogP contribution in [0.3, 0.4) is 0 Å². The Bertz CT molecular complexity index is 531. The first kappa shape index (κ1) is 12.7. The first-order chi connectivity index (χ1) is 8.59. The van der Waals surface area contributed by atoms with E-state index in [1.807, 2.05) is 29.7 Å². The van der Waals surface area contributed by atoms with Crippen LogP contribution in [-0.2, 0) is 0 Å². The summed E-state index contributed by atoms with van der Waals surface area (Å²) in [5, 5.41) is 0. The third kappa shape index (κ3) is 2.58. The second-order valence-corrected chi connectivity index (χ2v) is 5.03. The number of hydrogen-bond donors (Lipinski definition) is 1. The van der Waals surface area contributed by atoms with Crippen molar-refractivity contribution in [3.8, 4) is 5.75 Å². The molecule has 98 valence electrons. The fourth-order valence-electron chi connectivity index (χ4n) is 1.96. The SMILES string of the molecule is Cc1nc2c(OCCCC(C)C)cccn2c1N. The number of ether oxygens (including phenoxy) is 1. The predicted octanol–water partition coefficient (Wildman–Crippen LogP) is 3.04. The molecule has 0 spiro atoms. The topological polar surface area (TPSA) is 52.5 Å². The zero-order valence-electron chi connectivity index (χ0n) is 11.3. The van der Waals surface area contributed by atoms with Crippen molar-refractivity contribution in [3.63, 3.8) is 0 Å². The quantitative estimate of drug-likeness (QED) is 0.826. The van der Waals surface area contributed by atoms with Gasteiger partial charge in [-0.25, -0.2) is 4.98 Å². The van der Waals surface area contributed by atoms with E-state index < -0.39 is 0 Å². The highest BCUT2D eigenvalue weighted by molar-refractivity contribution is 5.60. The molecule has 18 heavy (non-hydrogen) atoms. The molecule has 0 amide bonds. The van der Waals surface area contributed by atoms with Gasteiger partial charge in [0.15, 0.2) is 11.4 Å². The van der Waals surface area contributed by atoms with Crippen LogP contribution in [-0.4, -0.2) is 16.0 Å². The van der Waals surface area contributed by atoms with E-state index >= 15 is 0 Å². The van der Waals surface area contributed by atoms with Gasteiger partial charge in [-0.1, -0.05) is 13.8 Å². The molecule has 0 saturated carbocycles. The molecule has 4 nitrogen and oxygen atoms in total. The third-order valence-corrected chi connectivity index (χ3v) is 3.02. The highest BCUT2D eigenvalue weighted by atomic mass is 16.5. The van der Waals surface area contributed by atoms with Crippen LogP contribution < -0.4 is 10.5 Å². The van der Waals surface area contributed by atoms with Gasteiger partial charge < -0.3 is 10.5 Å². The molecule has 2 aromatic heterocycles. The van der Waals surface area contributed by atoms with Crippen molar-refractivity contribution in [2.45, 2.75) is 33.6 Å². The number of fused-ring (bicyclic) bond motifs is 1. The number of aryl methyl sites for hydroxylation is 1. The Kier molecular flexibility index (Phi) is 3.75. The largest absolute Gasteiger partial charge is 0.490 e. The zero-order valence-corrected chi connectivity index (χ0v) is 11.3. The van der Waals surface area contributed by atoms with Gasteiger partial charge in [-0.05, 0) is 37.8 Å². The molecular formula is C14H21N3O. The summed E-state index contributed by atoms with van der Waals surface area (Å²) in [5.41, 5.74) is 7.59. The van der Waals surface area contributed by atoms with Gasteiger partial charge in [0.25, 0.3) is 0 Å². The van der Waals surface area contributed by atoms with E-state index in [2.05, 4.69) is 18.8 Å². The second kappa shape index (κ2) is 5.29. The van der Waals surface area contributed by atoms with Gasteiger partial charge in [-0.2, -0.15) is 0 Å². The van der Waals surface area contributed by atoms with Crippen molar-refractivity contribution in [1.29, 1.82) is 0 Å². The van der Waals surface area contributed by atoms with Crippen molar-refractivity contribution in [2.24, 2.45) is 5.92 Å². The summed E-state index contributed by atoms with van der Waals surface area (Å²) < 4.78 is 7.67. The van der Waals surface area contributed by atoms with Crippen molar-refractivity contribution >= 4 is 11.5 Å². The van der Waals surface area contributed by atoms with E-state index in [4.69, 9.17) is 10.5 Å². The third-order valence-electron chi connectivity index (χ3n) is 3.02. The Morgan fingerprint density at radius 1 is 1.44 bits per heavy atom. The van der Waals surface area contributed by atoms with Crippen molar-refractivity contribution in [1.82, 2.24) is 9.38 Å². The Morgan fingerprint density at radius 3 is 2.94 bits per heavy atom. The summed E-state index contributed by atoms with van der Waals surface area (Å²) in [6.45, 7) is 7.08. The molecule has 2 rings (SSSR count). The van der Waals surface area contributed by atoms with Crippen LogP contribution in [0.25, 0.3) is 5.65 Å². The van der Waals surface area contributed by atoms with E-state index in [1.54, 1.807) is 0 Å². The lowest BCUT2D eigenvalue weighted by molar-refractivity contribution is 0.299. The number of anilines is 1. The fourth-order valence-corrected chi connectivity index (χ4v) is 1.96. The van der Waals surface area contributed by atoms with Crippen LogP contribution in [0.2, 0.25) is 0 Å². The van der Waals surface area contributed by atoms with Crippen molar-refractivity contribution in [2.75, 3.05) is 12.3 Å². The van der Waals surface area contributed by atoms with Gasteiger partial charge in [-0.15, -0.1) is 0 Å². The van der Waals surface area contributed by atoms with Crippen LogP contribution in [0.1, 0.15) is 32.4 Å². The van der Waals surface area contributed by atoms with E-state index in [0.29, 0.717) is 11.7 Å². The van der Waals surface area contributed by atoms with Gasteiger partial charge in [-0.3, -0.25) is 4.40 Å². The van der Waals surface area contributed by atoms with E-state index in [-0.39, 0.29) is 0 Å². The fraction of sp³-hybridized carbons (Fsp3) is 0.500. The van der Waals surface area contributed by atoms with Gasteiger partial charge in [0.1, 0.15) is 5.82 Å². The summed E-state index contributed by atoms with van der Waals surface area (Å²) in [7, 11) is 0.